The summed E-state index contributed by atoms with van der Waals surface area (Å²) in [6, 6.07) is 145. The van der Waals surface area contributed by atoms with E-state index in [-0.39, 0.29) is 84.9 Å². The fourth-order valence-electron chi connectivity index (χ4n) is 22.2. The number of fused-ring (bicyclic) bond motifs is 14. The van der Waals surface area contributed by atoms with Gasteiger partial charge in [0.2, 0.25) is 0 Å². The molecule has 15 aromatic carbocycles. The largest absolute Gasteiger partial charge is 0.490 e. The summed E-state index contributed by atoms with van der Waals surface area (Å²) in [4.78, 5) is 79.3. The zero-order chi connectivity index (χ0) is 98.3. The van der Waals surface area contributed by atoms with Crippen molar-refractivity contribution in [1.82, 2.24) is 0 Å². The zero-order valence-electron chi connectivity index (χ0n) is 80.6. The van der Waals surface area contributed by atoms with E-state index < -0.39 is 17.9 Å². The van der Waals surface area contributed by atoms with E-state index in [1.807, 2.05) is 121 Å². The van der Waals surface area contributed by atoms with Gasteiger partial charge in [0, 0.05) is 17.2 Å². The van der Waals surface area contributed by atoms with Crippen LogP contribution in [0.15, 0.2) is 535 Å². The summed E-state index contributed by atoms with van der Waals surface area (Å²) in [5, 5.41) is 0. The maximum Gasteiger partial charge on any atom is 0.338 e. The van der Waals surface area contributed by atoms with Crippen molar-refractivity contribution >= 4 is 84.3 Å². The van der Waals surface area contributed by atoms with Crippen LogP contribution in [0, 0.1) is 71.0 Å². The van der Waals surface area contributed by atoms with E-state index in [1.165, 1.54) is 125 Å². The molecular formula is C127H119O11S5+5. The van der Waals surface area contributed by atoms with Crippen LogP contribution in [-0.4, -0.2) is 43.1 Å². The molecule has 718 valence electrons. The highest BCUT2D eigenvalue weighted by molar-refractivity contribution is 7.98. The predicted octanol–water partition coefficient (Wildman–Crippen LogP) is 29.2. The third-order valence-corrected chi connectivity index (χ3v) is 39.3. The minimum Gasteiger partial charge on any atom is -0.490 e. The second kappa shape index (κ2) is 48.5. The normalized spacial score (nSPS) is 19.7. The Kier molecular flexibility index (Phi) is 33.7. The van der Waals surface area contributed by atoms with E-state index in [4.69, 9.17) is 28.4 Å². The van der Waals surface area contributed by atoms with Gasteiger partial charge in [-0.15, -0.1) is 0 Å². The zero-order valence-corrected chi connectivity index (χ0v) is 84.6. The van der Waals surface area contributed by atoms with Crippen molar-refractivity contribution in [2.45, 2.75) is 151 Å². The summed E-state index contributed by atoms with van der Waals surface area (Å²) >= 11 is 0. The van der Waals surface area contributed by atoms with Crippen molar-refractivity contribution in [3.8, 4) is 28.7 Å². The molecule has 7 aliphatic carbocycles. The molecule has 7 fully saturated rings. The number of ether oxygens (including phenoxy) is 6. The molecule has 16 heteroatoms. The summed E-state index contributed by atoms with van der Waals surface area (Å²) in [6.45, 7) is 14.3. The molecule has 0 aromatic heterocycles. The molecule has 0 spiro atoms. The average Bonchev–Trinajstić information content (AvgIpc) is 1.53. The summed E-state index contributed by atoms with van der Waals surface area (Å²) in [5.74, 6) is 10.2. The summed E-state index contributed by atoms with van der Waals surface area (Å²) < 4.78 is 33.1. The highest BCUT2D eigenvalue weighted by Gasteiger charge is 2.64. The Hall–Kier alpha value is -13.6. The molecule has 0 N–H and O–H groups in total. The molecular weight excluding hydrogens is 1860 g/mol. The molecule has 7 aliphatic rings. The van der Waals surface area contributed by atoms with E-state index in [1.54, 1.807) is 13.8 Å². The lowest BCUT2D eigenvalue weighted by molar-refractivity contribution is -0.143. The maximum absolute atomic E-state index is 13.2. The first-order valence-corrected chi connectivity index (χ1v) is 55.6. The SMILES string of the molecule is C=C(C)C(=O)OCCOc1ccc([S+](c2ccccc2)c2ccccc2)cc1.C=C(C)C(=O)Oc1ccc([S+](c2ccccc2)c2ccccc2)cc1.C=CC(=O)Oc1ccc([S+](c2ccccc2)c2ccccc2)cc1.O=C(Oc1ccc([S+](c2ccccc2)c2ccccc2)cc1)C1CC2CC1C1C3CCC(C3)C21.O=C(Oc1ccc([S+](c2ccccc2)c2ccccc2)cc1)C1CC2CC1C1CCCC21. The lowest BCUT2D eigenvalue weighted by atomic mass is 9.67. The third-order valence-electron chi connectivity index (χ3n) is 28.2. The number of hydrogen-bond acceptors (Lipinski definition) is 11. The maximum atomic E-state index is 13.2. The highest BCUT2D eigenvalue weighted by atomic mass is 32.2. The highest BCUT2D eigenvalue weighted by Crippen LogP contribution is 2.69. The van der Waals surface area contributed by atoms with E-state index in [0.717, 1.165) is 72.0 Å². The van der Waals surface area contributed by atoms with Gasteiger partial charge in [-0.05, 0) is 373 Å². The molecule has 15 aromatic rings. The quantitative estimate of drug-likeness (QED) is 0.0116. The summed E-state index contributed by atoms with van der Waals surface area (Å²) in [5.41, 5.74) is 0.774. The minimum absolute atomic E-state index is 0.000665. The van der Waals surface area contributed by atoms with E-state index >= 15 is 0 Å². The Morgan fingerprint density at radius 1 is 0.259 bits per heavy atom. The molecule has 0 saturated heterocycles. The van der Waals surface area contributed by atoms with Gasteiger partial charge < -0.3 is 28.4 Å². The van der Waals surface area contributed by atoms with Crippen molar-refractivity contribution in [3.63, 3.8) is 0 Å². The molecule has 0 radical (unpaired) electrons. The van der Waals surface area contributed by atoms with Crippen LogP contribution in [-0.2, 0) is 83.2 Å². The first-order valence-electron chi connectivity index (χ1n) is 49.4. The van der Waals surface area contributed by atoms with Crippen LogP contribution in [0.4, 0.5) is 0 Å². The molecule has 143 heavy (non-hydrogen) atoms. The van der Waals surface area contributed by atoms with Gasteiger partial charge in [0.1, 0.15) is 42.0 Å². The Labute approximate surface area is 856 Å². The fourth-order valence-corrected chi connectivity index (χ4v) is 32.6. The molecule has 7 saturated carbocycles. The van der Waals surface area contributed by atoms with Gasteiger partial charge in [-0.25, -0.2) is 14.4 Å². The molecule has 12 atom stereocenters. The van der Waals surface area contributed by atoms with Crippen molar-refractivity contribution in [1.29, 1.82) is 0 Å². The van der Waals surface area contributed by atoms with Crippen LogP contribution in [0.2, 0.25) is 0 Å². The number of benzene rings is 15. The van der Waals surface area contributed by atoms with Gasteiger partial charge in [-0.1, -0.05) is 208 Å². The van der Waals surface area contributed by atoms with Gasteiger partial charge in [-0.3, -0.25) is 9.59 Å². The number of esters is 5. The fraction of sp³-hybridized carbons (Fsp3) is 0.205. The topological polar surface area (TPSA) is 141 Å². The van der Waals surface area contributed by atoms with Crippen LogP contribution in [0.1, 0.15) is 78.1 Å². The molecule has 22 rings (SSSR count). The van der Waals surface area contributed by atoms with Crippen LogP contribution >= 0.6 is 0 Å². The monoisotopic (exact) mass is 1980 g/mol. The van der Waals surface area contributed by atoms with E-state index in [9.17, 15) is 24.0 Å². The van der Waals surface area contributed by atoms with Gasteiger partial charge in [-0.2, -0.15) is 0 Å². The summed E-state index contributed by atoms with van der Waals surface area (Å²) in [6.07, 6.45) is 14.2. The Morgan fingerprint density at radius 2 is 0.524 bits per heavy atom. The van der Waals surface area contributed by atoms with Crippen molar-refractivity contribution in [2.24, 2.45) is 71.0 Å². The lowest BCUT2D eigenvalue weighted by Crippen LogP contribution is -2.37. The van der Waals surface area contributed by atoms with Gasteiger partial charge in [0.25, 0.3) is 0 Å². The second-order valence-corrected chi connectivity index (χ2v) is 47.3. The van der Waals surface area contributed by atoms with E-state index in [0.29, 0.717) is 52.6 Å². The standard InChI is InChI=1S/C31H31O2S.C29H29O2S.C24H23O3S.C22H19O2S.C21H17O2S/c32-31(28-19-22-18-27(28)30-21-12-11-20(17-21)29(22)30)33-23-13-15-26(16-14-23)34(24-7-3-1-4-8-24)25-9-5-2-6-10-25;30-29(28-19-20-18-27(28)26-13-7-12-25(20)26)31-21-14-16-24(17-15-21)32(22-8-3-1-4-9-22)23-10-5-2-6-11-23;1-19(2)24(25)27-18-17-26-20-13-15-23(16-14-20)28(21-9-5-3-6-10-21)22-11-7-4-8-12-22;1-17(2)22(23)24-18-13-15-21(16-14-18)25(19-9-5-3-6-10-19)20-11-7-4-8-12-20;1-2-21(22)23-17-13-15-20(16-14-17)24(18-9-5-3-6-10-18)19-11-7-4-8-12-19/h1-10,13-16,20-22,27-30H,11-12,17-19H2;1-6,8-11,14-17,20,25-28H,7,12-13,18-19H2;3-16H,1,17-18H2,2H3;3-16H,1H2,2H3;2-16H,1H2/q5*+1. The van der Waals surface area contributed by atoms with Gasteiger partial charge >= 0.3 is 29.8 Å². The van der Waals surface area contributed by atoms with Crippen LogP contribution < -0.4 is 23.7 Å². The van der Waals surface area contributed by atoms with Crippen molar-refractivity contribution in [3.05, 3.63) is 462 Å². The molecule has 0 amide bonds. The minimum atomic E-state index is -0.451. The molecule has 0 heterocycles. The lowest BCUT2D eigenvalue weighted by Gasteiger charge is -2.37. The van der Waals surface area contributed by atoms with Gasteiger partial charge in [0.05, 0.1) is 66.3 Å². The number of carbonyl (C=O) groups is 5. The number of hydrogen-bond donors (Lipinski definition) is 0. The average molecular weight is 1980 g/mol. The smallest absolute Gasteiger partial charge is 0.338 e. The predicted molar refractivity (Wildman–Crippen MR) is 574 cm³/mol. The van der Waals surface area contributed by atoms with Crippen molar-refractivity contribution < 1.29 is 52.4 Å². The Balaban J connectivity index is 0.000000119. The first-order chi connectivity index (χ1) is 70.1. The van der Waals surface area contributed by atoms with E-state index in [2.05, 4.69) is 323 Å². The van der Waals surface area contributed by atoms with Crippen molar-refractivity contribution in [2.75, 3.05) is 13.2 Å². The van der Waals surface area contributed by atoms with Crippen LogP contribution in [0.3, 0.4) is 0 Å². The Morgan fingerprint density at radius 3 is 0.839 bits per heavy atom. The molecule has 6 bridgehead atoms. The molecule has 12 unspecified atom stereocenters. The third kappa shape index (κ3) is 24.7. The number of carbonyl (C=O) groups excluding carboxylic acids is 5. The summed E-state index contributed by atoms with van der Waals surface area (Å²) in [7, 11) is -0.943. The Bertz CT molecular complexity index is 6530. The van der Waals surface area contributed by atoms with Crippen LogP contribution in [0.5, 0.6) is 28.7 Å². The molecule has 11 nitrogen and oxygen atoms in total. The first kappa shape index (κ1) is 99.6. The number of rotatable bonds is 28. The molecule has 0 aliphatic heterocycles. The van der Waals surface area contributed by atoms with Gasteiger partial charge in [0.15, 0.2) is 73.4 Å². The second-order valence-electron chi connectivity index (χ2n) is 37.2. The van der Waals surface area contributed by atoms with Crippen LogP contribution in [0.25, 0.3) is 0 Å².